The van der Waals surface area contributed by atoms with Gasteiger partial charge in [-0.3, -0.25) is 0 Å². The number of halogens is 1. The molecule has 100 valence electrons. The molecule has 1 aromatic carbocycles. The zero-order chi connectivity index (χ0) is 13.8. The molecule has 19 heavy (non-hydrogen) atoms. The summed E-state index contributed by atoms with van der Waals surface area (Å²) in [6.07, 6.45) is 1.24. The number of nitrogens with zero attached hydrogens (tertiary/aromatic N) is 2. The van der Waals surface area contributed by atoms with Gasteiger partial charge in [-0.15, -0.1) is 0 Å². The van der Waals surface area contributed by atoms with E-state index in [0.29, 0.717) is 6.54 Å². The molecule has 0 spiro atoms. The minimum atomic E-state index is -0.323. The summed E-state index contributed by atoms with van der Waals surface area (Å²) in [5.74, 6) is 0.440. The third kappa shape index (κ3) is 3.44. The van der Waals surface area contributed by atoms with Crippen molar-refractivity contribution < 1.29 is 4.39 Å². The van der Waals surface area contributed by atoms with E-state index in [1.165, 1.54) is 12.3 Å². The molecule has 0 fully saturated rings. The van der Waals surface area contributed by atoms with Gasteiger partial charge in [0.15, 0.2) is 0 Å². The fourth-order valence-corrected chi connectivity index (χ4v) is 1.95. The Kier molecular flexibility index (Phi) is 4.00. The Morgan fingerprint density at radius 2 is 2.05 bits per heavy atom. The van der Waals surface area contributed by atoms with Crippen molar-refractivity contribution in [3.8, 4) is 0 Å². The fourth-order valence-electron chi connectivity index (χ4n) is 1.95. The second-order valence-corrected chi connectivity index (χ2v) is 4.80. The van der Waals surface area contributed by atoms with Crippen molar-refractivity contribution in [2.45, 2.75) is 26.4 Å². The van der Waals surface area contributed by atoms with Crippen molar-refractivity contribution in [3.63, 3.8) is 0 Å². The average molecular weight is 259 g/mol. The molecule has 1 heterocycles. The molecule has 0 aliphatic heterocycles. The molecule has 0 saturated carbocycles. The molecule has 0 unspecified atom stereocenters. The van der Waals surface area contributed by atoms with Gasteiger partial charge < -0.3 is 10.6 Å². The van der Waals surface area contributed by atoms with Gasteiger partial charge in [0.2, 0.25) is 0 Å². The molecule has 0 amide bonds. The van der Waals surface area contributed by atoms with E-state index in [0.717, 1.165) is 17.1 Å². The first-order valence-corrected chi connectivity index (χ1v) is 6.29. The molecule has 4 heteroatoms. The first kappa shape index (κ1) is 13.3. The van der Waals surface area contributed by atoms with Crippen LogP contribution in [0.1, 0.15) is 19.4 Å². The Hall–Kier alpha value is -2.10. The molecule has 0 radical (unpaired) electrons. The van der Waals surface area contributed by atoms with Gasteiger partial charge in [0.05, 0.1) is 6.20 Å². The largest absolute Gasteiger partial charge is 0.399 e. The Labute approximate surface area is 112 Å². The first-order valence-electron chi connectivity index (χ1n) is 6.29. The lowest BCUT2D eigenvalue weighted by atomic mass is 10.1. The van der Waals surface area contributed by atoms with Gasteiger partial charge in [0.25, 0.3) is 0 Å². The zero-order valence-electron chi connectivity index (χ0n) is 11.2. The highest BCUT2D eigenvalue weighted by atomic mass is 19.1. The van der Waals surface area contributed by atoms with Crippen molar-refractivity contribution in [2.24, 2.45) is 0 Å². The maximum atomic E-state index is 12.9. The quantitative estimate of drug-likeness (QED) is 0.857. The van der Waals surface area contributed by atoms with Crippen molar-refractivity contribution in [3.05, 3.63) is 54.0 Å². The lowest BCUT2D eigenvalue weighted by Gasteiger charge is -2.28. The maximum Gasteiger partial charge on any atom is 0.141 e. The highest BCUT2D eigenvalue weighted by Crippen LogP contribution is 2.18. The van der Waals surface area contributed by atoms with Crippen molar-refractivity contribution in [1.82, 2.24) is 4.98 Å². The fraction of sp³-hybridized carbons (Fsp3) is 0.267. The number of anilines is 2. The normalized spacial score (nSPS) is 10.7. The predicted octanol–water partition coefficient (Wildman–Crippen LogP) is 3.22. The average Bonchev–Trinajstić information content (AvgIpc) is 2.37. The van der Waals surface area contributed by atoms with Crippen LogP contribution in [0.3, 0.4) is 0 Å². The van der Waals surface area contributed by atoms with Crippen LogP contribution < -0.4 is 10.6 Å². The van der Waals surface area contributed by atoms with Crippen LogP contribution in [0.15, 0.2) is 42.6 Å². The highest BCUT2D eigenvalue weighted by molar-refractivity contribution is 5.44. The second-order valence-electron chi connectivity index (χ2n) is 4.80. The van der Waals surface area contributed by atoms with Gasteiger partial charge in [-0.2, -0.15) is 0 Å². The molecule has 0 aliphatic rings. The number of hydrogen-bond acceptors (Lipinski definition) is 3. The van der Waals surface area contributed by atoms with Crippen LogP contribution in [0.2, 0.25) is 0 Å². The molecule has 0 atom stereocenters. The summed E-state index contributed by atoms with van der Waals surface area (Å²) in [5, 5.41) is 0. The minimum Gasteiger partial charge on any atom is -0.399 e. The molecular formula is C15H18FN3. The number of hydrogen-bond donors (Lipinski definition) is 1. The van der Waals surface area contributed by atoms with Gasteiger partial charge in [-0.05, 0) is 43.7 Å². The first-order chi connectivity index (χ1) is 9.06. The van der Waals surface area contributed by atoms with Gasteiger partial charge in [-0.25, -0.2) is 9.37 Å². The monoisotopic (exact) mass is 259 g/mol. The van der Waals surface area contributed by atoms with E-state index in [4.69, 9.17) is 5.73 Å². The van der Waals surface area contributed by atoms with Crippen molar-refractivity contribution in [1.29, 1.82) is 0 Å². The minimum absolute atomic E-state index is 0.263. The smallest absolute Gasteiger partial charge is 0.141 e. The standard InChI is InChI=1S/C15H18FN3/c1-11(2)19(15-7-6-13(16)9-18-15)10-12-4-3-5-14(17)8-12/h3-9,11H,10,17H2,1-2H3. The van der Waals surface area contributed by atoms with E-state index in [2.05, 4.69) is 23.7 Å². The molecule has 2 aromatic rings. The maximum absolute atomic E-state index is 12.9. The molecule has 0 bridgehead atoms. The van der Waals surface area contributed by atoms with E-state index >= 15 is 0 Å². The van der Waals surface area contributed by atoms with Gasteiger partial charge >= 0.3 is 0 Å². The Balaban J connectivity index is 2.23. The van der Waals surface area contributed by atoms with Crippen LogP contribution in [-0.2, 0) is 6.54 Å². The van der Waals surface area contributed by atoms with E-state index in [-0.39, 0.29) is 11.9 Å². The van der Waals surface area contributed by atoms with Gasteiger partial charge in [-0.1, -0.05) is 12.1 Å². The molecule has 3 nitrogen and oxygen atoms in total. The number of aromatic nitrogens is 1. The summed E-state index contributed by atoms with van der Waals surface area (Å²) < 4.78 is 12.9. The summed E-state index contributed by atoms with van der Waals surface area (Å²) in [4.78, 5) is 6.24. The molecule has 2 N–H and O–H groups in total. The Morgan fingerprint density at radius 3 is 2.63 bits per heavy atom. The highest BCUT2D eigenvalue weighted by Gasteiger charge is 2.12. The SMILES string of the molecule is CC(C)N(Cc1cccc(N)c1)c1ccc(F)cn1. The van der Waals surface area contributed by atoms with Crippen LogP contribution in [-0.4, -0.2) is 11.0 Å². The van der Waals surface area contributed by atoms with Crippen LogP contribution in [0.4, 0.5) is 15.9 Å². The topological polar surface area (TPSA) is 42.1 Å². The number of nitrogen functional groups attached to an aromatic ring is 1. The number of nitrogens with two attached hydrogens (primary N) is 1. The lowest BCUT2D eigenvalue weighted by Crippen LogP contribution is -2.30. The zero-order valence-corrected chi connectivity index (χ0v) is 11.2. The van der Waals surface area contributed by atoms with Gasteiger partial charge in [0, 0.05) is 18.3 Å². The number of pyridine rings is 1. The van der Waals surface area contributed by atoms with E-state index in [1.54, 1.807) is 6.07 Å². The molecule has 0 saturated heterocycles. The number of benzene rings is 1. The van der Waals surface area contributed by atoms with Crippen LogP contribution >= 0.6 is 0 Å². The van der Waals surface area contributed by atoms with Crippen molar-refractivity contribution in [2.75, 3.05) is 10.6 Å². The van der Waals surface area contributed by atoms with Crippen LogP contribution in [0, 0.1) is 5.82 Å². The van der Waals surface area contributed by atoms with Crippen LogP contribution in [0.5, 0.6) is 0 Å². The van der Waals surface area contributed by atoms with Crippen molar-refractivity contribution >= 4 is 11.5 Å². The summed E-state index contributed by atoms with van der Waals surface area (Å²) in [5.41, 5.74) is 7.64. The van der Waals surface area contributed by atoms with Gasteiger partial charge in [0.1, 0.15) is 11.6 Å². The van der Waals surface area contributed by atoms with E-state index in [9.17, 15) is 4.39 Å². The Morgan fingerprint density at radius 1 is 1.26 bits per heavy atom. The second kappa shape index (κ2) is 5.69. The van der Waals surface area contributed by atoms with E-state index < -0.39 is 0 Å². The predicted molar refractivity (Wildman–Crippen MR) is 76.4 cm³/mol. The summed E-state index contributed by atoms with van der Waals surface area (Å²) in [7, 11) is 0. The van der Waals surface area contributed by atoms with E-state index in [1.807, 2.05) is 24.3 Å². The molecule has 2 rings (SSSR count). The summed E-state index contributed by atoms with van der Waals surface area (Å²) in [6.45, 7) is 4.86. The molecular weight excluding hydrogens is 241 g/mol. The number of rotatable bonds is 4. The third-order valence-electron chi connectivity index (χ3n) is 2.93. The summed E-state index contributed by atoms with van der Waals surface area (Å²) in [6, 6.07) is 11.1. The molecule has 1 aromatic heterocycles. The Bertz CT molecular complexity index is 537. The summed E-state index contributed by atoms with van der Waals surface area (Å²) >= 11 is 0. The third-order valence-corrected chi connectivity index (χ3v) is 2.93. The lowest BCUT2D eigenvalue weighted by molar-refractivity contribution is 0.616. The van der Waals surface area contributed by atoms with Crippen LogP contribution in [0.25, 0.3) is 0 Å². The molecule has 0 aliphatic carbocycles.